The van der Waals surface area contributed by atoms with Gasteiger partial charge in [0.2, 0.25) is 0 Å². The molecule has 5 fully saturated rings. The predicted molar refractivity (Wildman–Crippen MR) is 118 cm³/mol. The summed E-state index contributed by atoms with van der Waals surface area (Å²) >= 11 is 0. The number of aliphatic imine (C=N–C) groups is 1. The van der Waals surface area contributed by atoms with Crippen LogP contribution >= 0.6 is 0 Å². The number of rotatable bonds is 4. The lowest BCUT2D eigenvalue weighted by molar-refractivity contribution is -0.129. The standard InChI is InChI=1S/C26H34N2O/c1-2-6-22-19-13-25(20-7-4-3-5-8-20)15-23(22)26(14-19,17-25)24(29)28-16-18-9-11-21(27)12-10-18/h3-8,16,18-19,21,23H,2,9-15,17,27H2,1H3/b22-6-,28-16?. The van der Waals surface area contributed by atoms with E-state index in [-0.39, 0.29) is 16.7 Å². The first-order valence-corrected chi connectivity index (χ1v) is 11.7. The Morgan fingerprint density at radius 1 is 1.14 bits per heavy atom. The van der Waals surface area contributed by atoms with Crippen molar-refractivity contribution in [3.63, 3.8) is 0 Å². The summed E-state index contributed by atoms with van der Waals surface area (Å²) in [5, 5.41) is 0. The van der Waals surface area contributed by atoms with Gasteiger partial charge >= 0.3 is 0 Å². The maximum Gasteiger partial charge on any atom is 0.252 e. The normalized spacial score (nSPS) is 42.2. The lowest BCUT2D eigenvalue weighted by Gasteiger charge is -2.41. The zero-order chi connectivity index (χ0) is 20.1. The van der Waals surface area contributed by atoms with Gasteiger partial charge in [-0.1, -0.05) is 48.9 Å². The van der Waals surface area contributed by atoms with Crippen LogP contribution in [0.2, 0.25) is 0 Å². The van der Waals surface area contributed by atoms with Gasteiger partial charge in [-0.2, -0.15) is 0 Å². The van der Waals surface area contributed by atoms with Crippen LogP contribution in [0.1, 0.15) is 70.3 Å². The van der Waals surface area contributed by atoms with Crippen molar-refractivity contribution in [3.8, 4) is 0 Å². The van der Waals surface area contributed by atoms with Gasteiger partial charge in [0.15, 0.2) is 0 Å². The summed E-state index contributed by atoms with van der Waals surface area (Å²) in [7, 11) is 0. The Labute approximate surface area is 174 Å². The number of nitrogens with zero attached hydrogens (tertiary/aromatic N) is 1. The van der Waals surface area contributed by atoms with Gasteiger partial charge in [0.1, 0.15) is 0 Å². The number of nitrogens with two attached hydrogens (primary N) is 1. The molecular formula is C26H34N2O. The molecule has 4 bridgehead atoms. The van der Waals surface area contributed by atoms with Crippen LogP contribution in [-0.2, 0) is 10.2 Å². The summed E-state index contributed by atoms with van der Waals surface area (Å²) in [5.74, 6) is 1.55. The molecule has 0 heterocycles. The first kappa shape index (κ1) is 19.2. The van der Waals surface area contributed by atoms with Crippen LogP contribution in [0.3, 0.4) is 0 Å². The summed E-state index contributed by atoms with van der Waals surface area (Å²) in [5.41, 5.74) is 8.95. The van der Waals surface area contributed by atoms with Gasteiger partial charge in [-0.3, -0.25) is 4.79 Å². The first-order valence-electron chi connectivity index (χ1n) is 11.7. The number of amides is 1. The molecule has 2 N–H and O–H groups in total. The SMILES string of the molecule is CC/C=C1/C2CC3(c4ccccc4)CC1C(C(=O)N=CC1CCC(N)CC1)(C2)C3. The highest BCUT2D eigenvalue weighted by Gasteiger charge is 2.69. The highest BCUT2D eigenvalue weighted by molar-refractivity contribution is 5.92. The van der Waals surface area contributed by atoms with Crippen LogP contribution in [0.4, 0.5) is 0 Å². The smallest absolute Gasteiger partial charge is 0.252 e. The summed E-state index contributed by atoms with van der Waals surface area (Å²) in [6.07, 6.45) is 14.1. The van der Waals surface area contributed by atoms with E-state index in [4.69, 9.17) is 5.73 Å². The Hall–Kier alpha value is -1.74. The third kappa shape index (κ3) is 3.04. The van der Waals surface area contributed by atoms with Gasteiger partial charge < -0.3 is 5.73 Å². The maximum absolute atomic E-state index is 13.6. The minimum absolute atomic E-state index is 0.166. The molecule has 1 aromatic rings. The van der Waals surface area contributed by atoms with Crippen molar-refractivity contribution in [3.05, 3.63) is 47.5 Å². The van der Waals surface area contributed by atoms with E-state index in [9.17, 15) is 4.79 Å². The number of allylic oxidation sites excluding steroid dienone is 2. The fourth-order valence-corrected chi connectivity index (χ4v) is 7.28. The van der Waals surface area contributed by atoms with Gasteiger partial charge in [-0.05, 0) is 86.5 Å². The Balaban J connectivity index is 1.44. The second-order valence-electron chi connectivity index (χ2n) is 10.2. The molecule has 5 aliphatic carbocycles. The van der Waals surface area contributed by atoms with E-state index >= 15 is 0 Å². The maximum atomic E-state index is 13.6. The molecule has 29 heavy (non-hydrogen) atoms. The van der Waals surface area contributed by atoms with E-state index in [0.29, 0.717) is 23.8 Å². The summed E-state index contributed by atoms with van der Waals surface area (Å²) < 4.78 is 0. The number of hydrogen-bond donors (Lipinski definition) is 1. The average molecular weight is 391 g/mol. The molecule has 0 aromatic heterocycles. The molecule has 6 rings (SSSR count). The molecule has 1 aromatic carbocycles. The molecule has 5 aliphatic rings. The quantitative estimate of drug-likeness (QED) is 0.568. The van der Waals surface area contributed by atoms with E-state index in [0.717, 1.165) is 51.4 Å². The van der Waals surface area contributed by atoms with E-state index in [1.807, 2.05) is 6.21 Å². The van der Waals surface area contributed by atoms with Crippen molar-refractivity contribution >= 4 is 12.1 Å². The lowest BCUT2D eigenvalue weighted by Crippen LogP contribution is -2.37. The van der Waals surface area contributed by atoms with Gasteiger partial charge in [0.25, 0.3) is 5.91 Å². The van der Waals surface area contributed by atoms with Crippen molar-refractivity contribution in [2.45, 2.75) is 76.2 Å². The Kier molecular flexibility index (Phi) is 4.77. The molecule has 154 valence electrons. The van der Waals surface area contributed by atoms with Crippen LogP contribution in [0.25, 0.3) is 0 Å². The van der Waals surface area contributed by atoms with Crippen molar-refractivity contribution in [1.82, 2.24) is 0 Å². The van der Waals surface area contributed by atoms with Crippen molar-refractivity contribution < 1.29 is 4.79 Å². The number of carbonyl (C=O) groups is 1. The molecule has 5 saturated carbocycles. The van der Waals surface area contributed by atoms with Crippen molar-refractivity contribution in [1.29, 1.82) is 0 Å². The second kappa shape index (κ2) is 7.19. The van der Waals surface area contributed by atoms with Gasteiger partial charge in [-0.15, -0.1) is 0 Å². The molecule has 0 saturated heterocycles. The Morgan fingerprint density at radius 3 is 2.62 bits per heavy atom. The molecule has 1 amide bonds. The van der Waals surface area contributed by atoms with E-state index in [2.05, 4.69) is 48.3 Å². The number of carbonyl (C=O) groups excluding carboxylic acids is 1. The topological polar surface area (TPSA) is 55.5 Å². The largest absolute Gasteiger partial charge is 0.328 e. The minimum atomic E-state index is -0.263. The molecule has 0 radical (unpaired) electrons. The van der Waals surface area contributed by atoms with Crippen LogP contribution in [-0.4, -0.2) is 18.2 Å². The Morgan fingerprint density at radius 2 is 1.90 bits per heavy atom. The third-order valence-corrected chi connectivity index (χ3v) is 8.51. The third-order valence-electron chi connectivity index (χ3n) is 8.51. The van der Waals surface area contributed by atoms with Crippen LogP contribution in [0.15, 0.2) is 47.0 Å². The van der Waals surface area contributed by atoms with Gasteiger partial charge in [-0.25, -0.2) is 4.99 Å². The van der Waals surface area contributed by atoms with E-state index in [1.165, 1.54) is 12.0 Å². The summed E-state index contributed by atoms with van der Waals surface area (Å²) in [6, 6.07) is 11.3. The minimum Gasteiger partial charge on any atom is -0.328 e. The number of benzene rings is 1. The molecule has 0 spiro atoms. The predicted octanol–water partition coefficient (Wildman–Crippen LogP) is 5.20. The molecular weight excluding hydrogens is 356 g/mol. The monoisotopic (exact) mass is 390 g/mol. The molecule has 3 nitrogen and oxygen atoms in total. The molecule has 3 heteroatoms. The van der Waals surface area contributed by atoms with Crippen LogP contribution in [0, 0.1) is 23.2 Å². The second-order valence-corrected chi connectivity index (χ2v) is 10.2. The molecule has 4 atom stereocenters. The molecule has 0 aliphatic heterocycles. The van der Waals surface area contributed by atoms with Crippen LogP contribution in [0.5, 0.6) is 0 Å². The molecule has 4 unspecified atom stereocenters. The highest BCUT2D eigenvalue weighted by atomic mass is 16.1. The lowest BCUT2D eigenvalue weighted by atomic mass is 9.63. The first-order chi connectivity index (χ1) is 14.1. The van der Waals surface area contributed by atoms with E-state index in [1.54, 1.807) is 5.57 Å². The van der Waals surface area contributed by atoms with Crippen LogP contribution < -0.4 is 5.73 Å². The highest BCUT2D eigenvalue weighted by Crippen LogP contribution is 2.72. The zero-order valence-electron chi connectivity index (χ0n) is 17.6. The number of hydrogen-bond acceptors (Lipinski definition) is 2. The van der Waals surface area contributed by atoms with Gasteiger partial charge in [0.05, 0.1) is 5.41 Å². The Bertz CT molecular complexity index is 836. The average Bonchev–Trinajstić information content (AvgIpc) is 3.11. The van der Waals surface area contributed by atoms with Crippen molar-refractivity contribution in [2.24, 2.45) is 33.9 Å². The summed E-state index contributed by atoms with van der Waals surface area (Å²) in [4.78, 5) is 18.2. The van der Waals surface area contributed by atoms with E-state index < -0.39 is 0 Å². The van der Waals surface area contributed by atoms with Gasteiger partial charge in [0, 0.05) is 12.3 Å². The fraction of sp³-hybridized carbons (Fsp3) is 0.615. The summed E-state index contributed by atoms with van der Waals surface area (Å²) in [6.45, 7) is 2.22. The fourth-order valence-electron chi connectivity index (χ4n) is 7.28. The zero-order valence-corrected chi connectivity index (χ0v) is 17.6. The van der Waals surface area contributed by atoms with Crippen molar-refractivity contribution in [2.75, 3.05) is 0 Å².